The molecule has 0 atom stereocenters. The minimum atomic E-state index is -0.857. The highest BCUT2D eigenvalue weighted by molar-refractivity contribution is 9.10. The summed E-state index contributed by atoms with van der Waals surface area (Å²) >= 11 is 3.37. The Hall–Kier alpha value is -1.36. The average Bonchev–Trinajstić information content (AvgIpc) is 2.38. The van der Waals surface area contributed by atoms with E-state index in [0.717, 1.165) is 10.0 Å². The molecule has 0 aliphatic heterocycles. The summed E-state index contributed by atoms with van der Waals surface area (Å²) < 4.78 is 0.964. The molecule has 0 aliphatic rings. The lowest BCUT2D eigenvalue weighted by Crippen LogP contribution is -2.41. The first-order chi connectivity index (χ1) is 9.57. The Morgan fingerprint density at radius 1 is 1.14 bits per heavy atom. The van der Waals surface area contributed by atoms with Crippen LogP contribution in [0.1, 0.15) is 39.7 Å². The standard InChI is InChI=1S/C16H22BrNO3/c1-15(2,14(20)21)9-10-18-13(19)16(3,4)11-5-7-12(17)8-6-11/h5-8H,9-10H2,1-4H3,(H,18,19)(H,20,21). The van der Waals surface area contributed by atoms with Gasteiger partial charge in [0, 0.05) is 11.0 Å². The number of carboxylic acids is 1. The molecule has 2 N–H and O–H groups in total. The molecule has 1 aromatic rings. The zero-order valence-electron chi connectivity index (χ0n) is 12.9. The van der Waals surface area contributed by atoms with Gasteiger partial charge in [-0.25, -0.2) is 0 Å². The number of carbonyl (C=O) groups excluding carboxylic acids is 1. The Balaban J connectivity index is 2.66. The van der Waals surface area contributed by atoms with E-state index in [1.807, 2.05) is 38.1 Å². The summed E-state index contributed by atoms with van der Waals surface area (Å²) in [6.07, 6.45) is 0.393. The number of aliphatic carboxylic acids is 1. The lowest BCUT2D eigenvalue weighted by atomic mass is 9.83. The van der Waals surface area contributed by atoms with Gasteiger partial charge in [0.1, 0.15) is 0 Å². The minimum absolute atomic E-state index is 0.106. The molecule has 0 unspecified atom stereocenters. The van der Waals surface area contributed by atoms with Gasteiger partial charge in [-0.15, -0.1) is 0 Å². The first-order valence-electron chi connectivity index (χ1n) is 6.85. The molecular formula is C16H22BrNO3. The van der Waals surface area contributed by atoms with Gasteiger partial charge in [-0.05, 0) is 51.8 Å². The van der Waals surface area contributed by atoms with Crippen LogP contribution in [0.4, 0.5) is 0 Å². The maximum Gasteiger partial charge on any atom is 0.309 e. The minimum Gasteiger partial charge on any atom is -0.481 e. The third-order valence-electron chi connectivity index (χ3n) is 3.75. The van der Waals surface area contributed by atoms with Crippen LogP contribution < -0.4 is 5.32 Å². The number of amides is 1. The zero-order chi connectivity index (χ0) is 16.3. The Morgan fingerprint density at radius 2 is 1.67 bits per heavy atom. The van der Waals surface area contributed by atoms with Crippen molar-refractivity contribution in [2.24, 2.45) is 5.41 Å². The molecule has 0 spiro atoms. The van der Waals surface area contributed by atoms with E-state index < -0.39 is 16.8 Å². The van der Waals surface area contributed by atoms with Crippen LogP contribution in [0, 0.1) is 5.41 Å². The van der Waals surface area contributed by atoms with E-state index in [0.29, 0.717) is 13.0 Å². The normalized spacial score (nSPS) is 12.0. The Labute approximate surface area is 134 Å². The summed E-state index contributed by atoms with van der Waals surface area (Å²) in [6.45, 7) is 7.36. The van der Waals surface area contributed by atoms with Crippen LogP contribution >= 0.6 is 15.9 Å². The number of nitrogens with one attached hydrogen (secondary N) is 1. The molecule has 5 heteroatoms. The average molecular weight is 356 g/mol. The van der Waals surface area contributed by atoms with Gasteiger partial charge in [0.25, 0.3) is 0 Å². The second-order valence-corrected chi connectivity index (χ2v) is 7.24. The number of benzene rings is 1. The topological polar surface area (TPSA) is 66.4 Å². The molecule has 0 aromatic heterocycles. The second kappa shape index (κ2) is 6.60. The molecule has 0 heterocycles. The van der Waals surface area contributed by atoms with E-state index in [-0.39, 0.29) is 5.91 Å². The number of halogens is 1. The third-order valence-corrected chi connectivity index (χ3v) is 4.28. The molecule has 0 saturated heterocycles. The lowest BCUT2D eigenvalue weighted by molar-refractivity contribution is -0.147. The molecule has 4 nitrogen and oxygen atoms in total. The van der Waals surface area contributed by atoms with E-state index in [1.165, 1.54) is 0 Å². The van der Waals surface area contributed by atoms with Crippen LogP contribution in [0.2, 0.25) is 0 Å². The van der Waals surface area contributed by atoms with Crippen molar-refractivity contribution >= 4 is 27.8 Å². The highest BCUT2D eigenvalue weighted by Gasteiger charge is 2.31. The van der Waals surface area contributed by atoms with Gasteiger partial charge in [0.05, 0.1) is 10.8 Å². The van der Waals surface area contributed by atoms with Crippen LogP contribution in [-0.2, 0) is 15.0 Å². The highest BCUT2D eigenvalue weighted by atomic mass is 79.9. The third kappa shape index (κ3) is 4.56. The van der Waals surface area contributed by atoms with Gasteiger partial charge >= 0.3 is 5.97 Å². The first kappa shape index (κ1) is 17.7. The molecule has 0 fully saturated rings. The van der Waals surface area contributed by atoms with Gasteiger partial charge in [0.15, 0.2) is 0 Å². The van der Waals surface area contributed by atoms with E-state index >= 15 is 0 Å². The van der Waals surface area contributed by atoms with Gasteiger partial charge in [-0.2, -0.15) is 0 Å². The summed E-state index contributed by atoms with van der Waals surface area (Å²) in [4.78, 5) is 23.4. The zero-order valence-corrected chi connectivity index (χ0v) is 14.5. The second-order valence-electron chi connectivity index (χ2n) is 6.33. The van der Waals surface area contributed by atoms with Gasteiger partial charge in [-0.1, -0.05) is 28.1 Å². The van der Waals surface area contributed by atoms with Crippen LogP contribution in [0.15, 0.2) is 28.7 Å². The van der Waals surface area contributed by atoms with Crippen molar-refractivity contribution in [2.75, 3.05) is 6.54 Å². The summed E-state index contributed by atoms with van der Waals surface area (Å²) in [5.74, 6) is -0.963. The van der Waals surface area contributed by atoms with Crippen molar-refractivity contribution in [3.05, 3.63) is 34.3 Å². The predicted octanol–water partition coefficient (Wildman–Crippen LogP) is 3.34. The molecule has 1 amide bonds. The van der Waals surface area contributed by atoms with Gasteiger partial charge < -0.3 is 10.4 Å². The van der Waals surface area contributed by atoms with E-state index in [4.69, 9.17) is 5.11 Å². The van der Waals surface area contributed by atoms with Crippen molar-refractivity contribution in [3.8, 4) is 0 Å². The summed E-state index contributed by atoms with van der Waals surface area (Å²) in [5.41, 5.74) is -0.580. The quantitative estimate of drug-likeness (QED) is 0.822. The van der Waals surface area contributed by atoms with Crippen molar-refractivity contribution in [3.63, 3.8) is 0 Å². The van der Waals surface area contributed by atoms with Gasteiger partial charge in [0.2, 0.25) is 5.91 Å². The summed E-state index contributed by atoms with van der Waals surface area (Å²) in [7, 11) is 0. The van der Waals surface area contributed by atoms with Crippen LogP contribution in [0.5, 0.6) is 0 Å². The fourth-order valence-electron chi connectivity index (χ4n) is 1.81. The fourth-order valence-corrected chi connectivity index (χ4v) is 2.08. The molecule has 0 aliphatic carbocycles. The summed E-state index contributed by atoms with van der Waals surface area (Å²) in [5, 5.41) is 11.9. The van der Waals surface area contributed by atoms with Crippen molar-refractivity contribution in [1.29, 1.82) is 0 Å². The molecule has 0 saturated carbocycles. The molecule has 0 radical (unpaired) electrons. The Morgan fingerprint density at radius 3 is 2.14 bits per heavy atom. The van der Waals surface area contributed by atoms with E-state index in [2.05, 4.69) is 21.2 Å². The molecule has 1 aromatic carbocycles. The maximum absolute atomic E-state index is 12.3. The Kier molecular flexibility index (Phi) is 5.56. The Bertz CT molecular complexity index is 521. The molecular weight excluding hydrogens is 334 g/mol. The monoisotopic (exact) mass is 355 g/mol. The van der Waals surface area contributed by atoms with Crippen molar-refractivity contribution in [2.45, 2.75) is 39.5 Å². The smallest absolute Gasteiger partial charge is 0.309 e. The number of carboxylic acid groups (broad SMARTS) is 1. The van der Waals surface area contributed by atoms with E-state index in [9.17, 15) is 9.59 Å². The highest BCUT2D eigenvalue weighted by Crippen LogP contribution is 2.25. The van der Waals surface area contributed by atoms with Crippen molar-refractivity contribution < 1.29 is 14.7 Å². The molecule has 116 valence electrons. The molecule has 0 bridgehead atoms. The first-order valence-corrected chi connectivity index (χ1v) is 7.64. The maximum atomic E-state index is 12.3. The van der Waals surface area contributed by atoms with E-state index in [1.54, 1.807) is 13.8 Å². The number of hydrogen-bond donors (Lipinski definition) is 2. The lowest BCUT2D eigenvalue weighted by Gasteiger charge is -2.26. The van der Waals surface area contributed by atoms with Crippen molar-refractivity contribution in [1.82, 2.24) is 5.32 Å². The number of rotatable bonds is 6. The number of hydrogen-bond acceptors (Lipinski definition) is 2. The molecule has 1 rings (SSSR count). The van der Waals surface area contributed by atoms with Crippen LogP contribution in [-0.4, -0.2) is 23.5 Å². The predicted molar refractivity (Wildman–Crippen MR) is 86.2 cm³/mol. The number of carbonyl (C=O) groups is 2. The summed E-state index contributed by atoms with van der Waals surface area (Å²) in [6, 6.07) is 7.62. The van der Waals surface area contributed by atoms with Crippen LogP contribution in [0.3, 0.4) is 0 Å². The fraction of sp³-hybridized carbons (Fsp3) is 0.500. The molecule has 21 heavy (non-hydrogen) atoms. The van der Waals surface area contributed by atoms with Crippen LogP contribution in [0.25, 0.3) is 0 Å². The van der Waals surface area contributed by atoms with Gasteiger partial charge in [-0.3, -0.25) is 9.59 Å². The largest absolute Gasteiger partial charge is 0.481 e. The SMILES string of the molecule is CC(C)(CCNC(=O)C(C)(C)c1ccc(Br)cc1)C(=O)O.